The number of carboxylic acids is 1. The van der Waals surface area contributed by atoms with Crippen molar-refractivity contribution in [1.82, 2.24) is 4.90 Å². The van der Waals surface area contributed by atoms with Crippen LogP contribution in [0.3, 0.4) is 0 Å². The maximum absolute atomic E-state index is 12.3. The lowest BCUT2D eigenvalue weighted by Crippen LogP contribution is -2.48. The van der Waals surface area contributed by atoms with Crippen molar-refractivity contribution in [1.29, 1.82) is 0 Å². The van der Waals surface area contributed by atoms with Crippen LogP contribution in [-0.4, -0.2) is 34.5 Å². The summed E-state index contributed by atoms with van der Waals surface area (Å²) < 4.78 is 0. The highest BCUT2D eigenvalue weighted by molar-refractivity contribution is 5.85. The van der Waals surface area contributed by atoms with Gasteiger partial charge in [0.15, 0.2) is 0 Å². The molecule has 1 aromatic carbocycles. The van der Waals surface area contributed by atoms with Crippen LogP contribution in [0, 0.1) is 0 Å². The minimum Gasteiger partial charge on any atom is -0.480 e. The van der Waals surface area contributed by atoms with E-state index in [1.54, 1.807) is 0 Å². The summed E-state index contributed by atoms with van der Waals surface area (Å²) in [5, 5.41) is 9.21. The molecule has 1 amide bonds. The number of carbonyl (C=O) groups is 2. The smallest absolute Gasteiger partial charge is 0.326 e. The van der Waals surface area contributed by atoms with Gasteiger partial charge in [-0.1, -0.05) is 31.2 Å². The molecule has 1 N–H and O–H groups in total. The molecule has 108 valence electrons. The number of hydrogen-bond acceptors (Lipinski definition) is 2. The van der Waals surface area contributed by atoms with Gasteiger partial charge in [-0.05, 0) is 36.8 Å². The number of piperidine rings is 1. The van der Waals surface area contributed by atoms with Crippen LogP contribution in [0.25, 0.3) is 0 Å². The highest BCUT2D eigenvalue weighted by Crippen LogP contribution is 2.19. The molecule has 0 radical (unpaired) electrons. The van der Waals surface area contributed by atoms with Gasteiger partial charge in [0.1, 0.15) is 6.04 Å². The Kier molecular flexibility index (Phi) is 4.77. The minimum atomic E-state index is -0.889. The van der Waals surface area contributed by atoms with Gasteiger partial charge < -0.3 is 10.0 Å². The summed E-state index contributed by atoms with van der Waals surface area (Å²) in [4.78, 5) is 25.1. The van der Waals surface area contributed by atoms with E-state index in [0.717, 1.165) is 24.8 Å². The van der Waals surface area contributed by atoms with Crippen molar-refractivity contribution < 1.29 is 14.7 Å². The third kappa shape index (κ3) is 3.38. The summed E-state index contributed by atoms with van der Waals surface area (Å²) in [6, 6.07) is 7.29. The lowest BCUT2D eigenvalue weighted by molar-refractivity contribution is -0.151. The topological polar surface area (TPSA) is 57.6 Å². The van der Waals surface area contributed by atoms with Gasteiger partial charge in [0.25, 0.3) is 0 Å². The van der Waals surface area contributed by atoms with Gasteiger partial charge >= 0.3 is 5.97 Å². The number of benzene rings is 1. The Morgan fingerprint density at radius 3 is 2.75 bits per heavy atom. The Morgan fingerprint density at radius 2 is 2.05 bits per heavy atom. The standard InChI is InChI=1S/C16H21NO3/c1-2-12-6-5-7-13(10-12)11-15(18)17-9-4-3-8-14(17)16(19)20/h5-7,10,14H,2-4,8-9,11H2,1H3,(H,19,20)/t14-/m1/s1. The molecule has 0 aliphatic carbocycles. The molecule has 1 heterocycles. The molecule has 0 spiro atoms. The van der Waals surface area contributed by atoms with Crippen molar-refractivity contribution in [3.63, 3.8) is 0 Å². The van der Waals surface area contributed by atoms with Gasteiger partial charge in [0, 0.05) is 6.54 Å². The number of likely N-dealkylation sites (tertiary alicyclic amines) is 1. The fourth-order valence-electron chi connectivity index (χ4n) is 2.72. The number of aliphatic carboxylic acids is 1. The van der Waals surface area contributed by atoms with Gasteiger partial charge in [-0.3, -0.25) is 4.79 Å². The van der Waals surface area contributed by atoms with Gasteiger partial charge in [0.2, 0.25) is 5.91 Å². The number of carbonyl (C=O) groups excluding carboxylic acids is 1. The van der Waals surface area contributed by atoms with Gasteiger partial charge in [0.05, 0.1) is 6.42 Å². The van der Waals surface area contributed by atoms with Crippen molar-refractivity contribution in [2.75, 3.05) is 6.54 Å². The zero-order valence-corrected chi connectivity index (χ0v) is 11.8. The minimum absolute atomic E-state index is 0.0784. The molecule has 0 bridgehead atoms. The molecule has 1 saturated heterocycles. The van der Waals surface area contributed by atoms with E-state index in [4.69, 9.17) is 0 Å². The van der Waals surface area contributed by atoms with Gasteiger partial charge in [-0.15, -0.1) is 0 Å². The van der Waals surface area contributed by atoms with Crippen LogP contribution in [0.2, 0.25) is 0 Å². The first-order chi connectivity index (χ1) is 9.61. The van der Waals surface area contributed by atoms with Crippen LogP contribution in [0.1, 0.15) is 37.3 Å². The summed E-state index contributed by atoms with van der Waals surface area (Å²) in [5.41, 5.74) is 2.16. The number of nitrogens with zero attached hydrogens (tertiary/aromatic N) is 1. The first kappa shape index (κ1) is 14.6. The monoisotopic (exact) mass is 275 g/mol. The van der Waals surface area contributed by atoms with Crippen LogP contribution in [0.5, 0.6) is 0 Å². The van der Waals surface area contributed by atoms with Crippen LogP contribution in [-0.2, 0) is 22.4 Å². The largest absolute Gasteiger partial charge is 0.480 e. The molecule has 1 fully saturated rings. The zero-order valence-electron chi connectivity index (χ0n) is 11.8. The molecule has 0 saturated carbocycles. The average molecular weight is 275 g/mol. The lowest BCUT2D eigenvalue weighted by atomic mass is 10.00. The normalized spacial score (nSPS) is 18.9. The third-order valence-electron chi connectivity index (χ3n) is 3.86. The van der Waals surface area contributed by atoms with E-state index in [-0.39, 0.29) is 12.3 Å². The maximum atomic E-state index is 12.3. The van der Waals surface area contributed by atoms with Gasteiger partial charge in [-0.25, -0.2) is 4.79 Å². The fraction of sp³-hybridized carbons (Fsp3) is 0.500. The molecule has 1 aromatic rings. The quantitative estimate of drug-likeness (QED) is 0.917. The van der Waals surface area contributed by atoms with Crippen LogP contribution in [0.4, 0.5) is 0 Å². The van der Waals surface area contributed by atoms with E-state index < -0.39 is 12.0 Å². The molecule has 0 unspecified atom stereocenters. The van der Waals surface area contributed by atoms with Crippen molar-refractivity contribution in [2.24, 2.45) is 0 Å². The molecule has 1 aliphatic rings. The second kappa shape index (κ2) is 6.55. The Labute approximate surface area is 119 Å². The Bertz CT molecular complexity index is 498. The molecule has 4 heteroatoms. The number of aryl methyl sites for hydroxylation is 1. The number of hydrogen-bond donors (Lipinski definition) is 1. The van der Waals surface area contributed by atoms with E-state index in [1.165, 1.54) is 10.5 Å². The second-order valence-electron chi connectivity index (χ2n) is 5.29. The first-order valence-electron chi connectivity index (χ1n) is 7.22. The summed E-state index contributed by atoms with van der Waals surface area (Å²) in [7, 11) is 0. The third-order valence-corrected chi connectivity index (χ3v) is 3.86. The summed E-state index contributed by atoms with van der Waals surface area (Å²) >= 11 is 0. The molecule has 1 atom stereocenters. The van der Waals surface area contributed by atoms with Crippen molar-refractivity contribution in [2.45, 2.75) is 45.1 Å². The Morgan fingerprint density at radius 1 is 1.30 bits per heavy atom. The summed E-state index contributed by atoms with van der Waals surface area (Å²) in [6.45, 7) is 2.63. The number of carboxylic acid groups (broad SMARTS) is 1. The van der Waals surface area contributed by atoms with Crippen molar-refractivity contribution in [3.05, 3.63) is 35.4 Å². The van der Waals surface area contributed by atoms with Crippen molar-refractivity contribution >= 4 is 11.9 Å². The lowest BCUT2D eigenvalue weighted by Gasteiger charge is -2.33. The summed E-state index contributed by atoms with van der Waals surface area (Å²) in [6.07, 6.45) is 3.56. The van der Waals surface area contributed by atoms with E-state index in [1.807, 2.05) is 24.3 Å². The molecule has 1 aliphatic heterocycles. The zero-order chi connectivity index (χ0) is 14.5. The van der Waals surface area contributed by atoms with E-state index >= 15 is 0 Å². The predicted molar refractivity (Wildman–Crippen MR) is 76.5 cm³/mol. The Balaban J connectivity index is 2.07. The fourth-order valence-corrected chi connectivity index (χ4v) is 2.72. The van der Waals surface area contributed by atoms with Crippen LogP contribution < -0.4 is 0 Å². The Hall–Kier alpha value is -1.84. The predicted octanol–water partition coefficient (Wildman–Crippen LogP) is 2.26. The van der Waals surface area contributed by atoms with Crippen LogP contribution in [0.15, 0.2) is 24.3 Å². The van der Waals surface area contributed by atoms with Gasteiger partial charge in [-0.2, -0.15) is 0 Å². The number of rotatable bonds is 4. The van der Waals surface area contributed by atoms with Crippen LogP contribution >= 0.6 is 0 Å². The SMILES string of the molecule is CCc1cccc(CC(=O)N2CCCC[C@@H]2C(=O)O)c1. The van der Waals surface area contributed by atoms with E-state index in [2.05, 4.69) is 6.92 Å². The highest BCUT2D eigenvalue weighted by Gasteiger charge is 2.31. The molecular formula is C16H21NO3. The number of amides is 1. The second-order valence-corrected chi connectivity index (χ2v) is 5.29. The maximum Gasteiger partial charge on any atom is 0.326 e. The molecule has 2 rings (SSSR count). The average Bonchev–Trinajstić information content (AvgIpc) is 2.47. The molecule has 20 heavy (non-hydrogen) atoms. The van der Waals surface area contributed by atoms with Crippen molar-refractivity contribution in [3.8, 4) is 0 Å². The van der Waals surface area contributed by atoms with E-state index in [9.17, 15) is 14.7 Å². The first-order valence-corrected chi connectivity index (χ1v) is 7.22. The molecular weight excluding hydrogens is 254 g/mol. The van der Waals surface area contributed by atoms with E-state index in [0.29, 0.717) is 13.0 Å². The highest BCUT2D eigenvalue weighted by atomic mass is 16.4. The molecule has 0 aromatic heterocycles. The summed E-state index contributed by atoms with van der Waals surface area (Å²) in [5.74, 6) is -0.967. The molecule has 4 nitrogen and oxygen atoms in total.